The minimum atomic E-state index is -0.126. The van der Waals surface area contributed by atoms with E-state index < -0.39 is 0 Å². The Hall–Kier alpha value is -2.17. The number of nitrogens with zero attached hydrogens (tertiary/aromatic N) is 3. The number of carbonyl (C=O) groups excluding carboxylic acids is 1. The maximum atomic E-state index is 12.0. The summed E-state index contributed by atoms with van der Waals surface area (Å²) in [5, 5.41) is 7.39. The lowest BCUT2D eigenvalue weighted by Crippen LogP contribution is -2.08. The largest absolute Gasteiger partial charge is 0.398 e. The van der Waals surface area contributed by atoms with Gasteiger partial charge in [0.25, 0.3) is 0 Å². The fraction of sp³-hybridized carbons (Fsp3) is 0.182. The average molecular weight is 216 g/mol. The van der Waals surface area contributed by atoms with Gasteiger partial charge in [-0.1, -0.05) is 17.3 Å². The van der Waals surface area contributed by atoms with Crippen LogP contribution < -0.4 is 5.73 Å². The summed E-state index contributed by atoms with van der Waals surface area (Å²) in [6, 6.07) is 5.25. The van der Waals surface area contributed by atoms with Crippen LogP contribution in [-0.2, 0) is 7.05 Å². The van der Waals surface area contributed by atoms with Crippen molar-refractivity contribution >= 4 is 11.5 Å². The Labute approximate surface area is 92.9 Å². The summed E-state index contributed by atoms with van der Waals surface area (Å²) < 4.78 is 1.44. The average Bonchev–Trinajstić information content (AvgIpc) is 2.67. The molecule has 2 aromatic rings. The number of aryl methyl sites for hydroxylation is 2. The Balaban J connectivity index is 2.42. The van der Waals surface area contributed by atoms with Crippen LogP contribution in [0.1, 0.15) is 21.6 Å². The van der Waals surface area contributed by atoms with Crippen LogP contribution in [0.25, 0.3) is 0 Å². The number of ketones is 1. The van der Waals surface area contributed by atoms with Gasteiger partial charge in [0, 0.05) is 18.3 Å². The van der Waals surface area contributed by atoms with E-state index in [9.17, 15) is 4.79 Å². The second-order valence-corrected chi connectivity index (χ2v) is 3.64. The van der Waals surface area contributed by atoms with Crippen LogP contribution in [0.3, 0.4) is 0 Å². The first-order valence-electron chi connectivity index (χ1n) is 4.85. The molecule has 1 aromatic carbocycles. The van der Waals surface area contributed by atoms with Crippen LogP contribution in [0.5, 0.6) is 0 Å². The smallest absolute Gasteiger partial charge is 0.212 e. The minimum absolute atomic E-state index is 0.126. The van der Waals surface area contributed by atoms with Crippen LogP contribution in [0, 0.1) is 6.92 Å². The van der Waals surface area contributed by atoms with Gasteiger partial charge in [-0.25, -0.2) is 4.68 Å². The molecule has 82 valence electrons. The zero-order valence-electron chi connectivity index (χ0n) is 9.14. The first-order valence-corrected chi connectivity index (χ1v) is 4.85. The summed E-state index contributed by atoms with van der Waals surface area (Å²) in [5.41, 5.74) is 8.33. The Bertz CT molecular complexity index is 545. The second kappa shape index (κ2) is 3.77. The molecule has 16 heavy (non-hydrogen) atoms. The first-order chi connectivity index (χ1) is 7.59. The lowest BCUT2D eigenvalue weighted by Gasteiger charge is -2.04. The monoisotopic (exact) mass is 216 g/mol. The predicted octanol–water partition coefficient (Wildman–Crippen LogP) is 0.937. The number of benzene rings is 1. The molecule has 0 radical (unpaired) electrons. The highest BCUT2D eigenvalue weighted by Crippen LogP contribution is 2.15. The van der Waals surface area contributed by atoms with Gasteiger partial charge >= 0.3 is 0 Å². The zero-order valence-corrected chi connectivity index (χ0v) is 9.14. The van der Waals surface area contributed by atoms with Crippen LogP contribution >= 0.6 is 0 Å². The molecule has 0 unspecified atom stereocenters. The van der Waals surface area contributed by atoms with Crippen molar-refractivity contribution in [3.63, 3.8) is 0 Å². The molecule has 0 aliphatic carbocycles. The number of hydrogen-bond acceptors (Lipinski definition) is 4. The summed E-state index contributed by atoms with van der Waals surface area (Å²) in [4.78, 5) is 12.0. The maximum Gasteiger partial charge on any atom is 0.212 e. The third-order valence-electron chi connectivity index (χ3n) is 2.49. The van der Waals surface area contributed by atoms with Gasteiger partial charge in [0.05, 0.1) is 6.20 Å². The third-order valence-corrected chi connectivity index (χ3v) is 2.49. The number of hydrogen-bond donors (Lipinski definition) is 1. The molecular formula is C11H12N4O. The fourth-order valence-electron chi connectivity index (χ4n) is 1.42. The van der Waals surface area contributed by atoms with Crippen molar-refractivity contribution in [3.05, 3.63) is 41.2 Å². The Morgan fingerprint density at radius 3 is 2.75 bits per heavy atom. The number of aromatic nitrogens is 3. The first kappa shape index (κ1) is 10.4. The molecule has 5 heteroatoms. The second-order valence-electron chi connectivity index (χ2n) is 3.64. The minimum Gasteiger partial charge on any atom is -0.398 e. The summed E-state index contributed by atoms with van der Waals surface area (Å²) in [6.07, 6.45) is 1.44. The van der Waals surface area contributed by atoms with Crippen molar-refractivity contribution in [1.29, 1.82) is 0 Å². The molecule has 0 aliphatic heterocycles. The van der Waals surface area contributed by atoms with Gasteiger partial charge in [0.1, 0.15) is 5.69 Å². The number of carbonyl (C=O) groups is 1. The van der Waals surface area contributed by atoms with E-state index in [2.05, 4.69) is 10.3 Å². The summed E-state index contributed by atoms with van der Waals surface area (Å²) in [6.45, 7) is 1.90. The Kier molecular flexibility index (Phi) is 2.44. The highest BCUT2D eigenvalue weighted by atomic mass is 16.1. The molecule has 0 atom stereocenters. The van der Waals surface area contributed by atoms with Crippen LogP contribution in [-0.4, -0.2) is 20.8 Å². The molecule has 0 saturated carbocycles. The standard InChI is InChI=1S/C11H12N4O/c1-7-3-4-8(5-9(7)12)11(16)10-6-13-14-15(10)2/h3-6H,12H2,1-2H3. The number of nitrogen functional groups attached to an aromatic ring is 1. The molecule has 0 aliphatic rings. The Morgan fingerprint density at radius 2 is 2.19 bits per heavy atom. The topological polar surface area (TPSA) is 73.8 Å². The van der Waals surface area contributed by atoms with Crippen LogP contribution in [0.2, 0.25) is 0 Å². The molecule has 0 fully saturated rings. The van der Waals surface area contributed by atoms with E-state index in [1.807, 2.05) is 13.0 Å². The number of nitrogens with two attached hydrogens (primary N) is 1. The molecule has 2 N–H and O–H groups in total. The van der Waals surface area contributed by atoms with Gasteiger partial charge < -0.3 is 5.73 Å². The van der Waals surface area contributed by atoms with Crippen molar-refractivity contribution in [1.82, 2.24) is 15.0 Å². The van der Waals surface area contributed by atoms with E-state index in [-0.39, 0.29) is 5.78 Å². The lowest BCUT2D eigenvalue weighted by atomic mass is 10.1. The summed E-state index contributed by atoms with van der Waals surface area (Å²) in [5.74, 6) is -0.126. The van der Waals surface area contributed by atoms with Gasteiger partial charge in [-0.3, -0.25) is 4.79 Å². The molecule has 0 bridgehead atoms. The highest BCUT2D eigenvalue weighted by molar-refractivity contribution is 6.08. The van der Waals surface area contributed by atoms with Gasteiger partial charge in [-0.15, -0.1) is 5.10 Å². The van der Waals surface area contributed by atoms with Crippen molar-refractivity contribution in [2.45, 2.75) is 6.92 Å². The highest BCUT2D eigenvalue weighted by Gasteiger charge is 2.13. The summed E-state index contributed by atoms with van der Waals surface area (Å²) >= 11 is 0. The van der Waals surface area contributed by atoms with Crippen molar-refractivity contribution in [2.24, 2.45) is 7.05 Å². The van der Waals surface area contributed by atoms with Gasteiger partial charge in [-0.2, -0.15) is 0 Å². The molecule has 5 nitrogen and oxygen atoms in total. The van der Waals surface area contributed by atoms with Crippen molar-refractivity contribution in [3.8, 4) is 0 Å². The maximum absolute atomic E-state index is 12.0. The molecule has 0 amide bonds. The molecule has 0 saturated heterocycles. The van der Waals surface area contributed by atoms with Crippen LogP contribution in [0.15, 0.2) is 24.4 Å². The fourth-order valence-corrected chi connectivity index (χ4v) is 1.42. The van der Waals surface area contributed by atoms with Crippen LogP contribution in [0.4, 0.5) is 5.69 Å². The van der Waals surface area contributed by atoms with Gasteiger partial charge in [-0.05, 0) is 18.6 Å². The predicted molar refractivity (Wildman–Crippen MR) is 60.0 cm³/mol. The van der Waals surface area contributed by atoms with Gasteiger partial charge in [0.15, 0.2) is 0 Å². The molecule has 1 heterocycles. The van der Waals surface area contributed by atoms with E-state index in [0.717, 1.165) is 5.56 Å². The molecule has 2 rings (SSSR count). The van der Waals surface area contributed by atoms with E-state index in [1.54, 1.807) is 19.2 Å². The zero-order chi connectivity index (χ0) is 11.7. The number of anilines is 1. The van der Waals surface area contributed by atoms with E-state index in [4.69, 9.17) is 5.73 Å². The summed E-state index contributed by atoms with van der Waals surface area (Å²) in [7, 11) is 1.68. The normalized spacial score (nSPS) is 10.4. The van der Waals surface area contributed by atoms with Gasteiger partial charge in [0.2, 0.25) is 5.78 Å². The van der Waals surface area contributed by atoms with E-state index >= 15 is 0 Å². The molecular weight excluding hydrogens is 204 g/mol. The van der Waals surface area contributed by atoms with E-state index in [1.165, 1.54) is 10.9 Å². The van der Waals surface area contributed by atoms with Crippen molar-refractivity contribution < 1.29 is 4.79 Å². The molecule has 0 spiro atoms. The Morgan fingerprint density at radius 1 is 1.44 bits per heavy atom. The van der Waals surface area contributed by atoms with E-state index in [0.29, 0.717) is 16.9 Å². The quantitative estimate of drug-likeness (QED) is 0.598. The SMILES string of the molecule is Cc1ccc(C(=O)c2cnnn2C)cc1N. The molecule has 1 aromatic heterocycles. The number of rotatable bonds is 2. The lowest BCUT2D eigenvalue weighted by molar-refractivity contribution is 0.103. The van der Waals surface area contributed by atoms with Crippen molar-refractivity contribution in [2.75, 3.05) is 5.73 Å². The third kappa shape index (κ3) is 1.67.